The summed E-state index contributed by atoms with van der Waals surface area (Å²) in [5, 5.41) is 0.839. The third kappa shape index (κ3) is 3.42. The third-order valence-electron chi connectivity index (χ3n) is 3.12. The molecule has 2 rings (SSSR count). The van der Waals surface area contributed by atoms with Crippen LogP contribution in [0.5, 0.6) is 0 Å². The van der Waals surface area contributed by atoms with Crippen molar-refractivity contribution in [2.24, 2.45) is 0 Å². The summed E-state index contributed by atoms with van der Waals surface area (Å²) >= 11 is 3.50. The normalized spacial score (nSPS) is 20.2. The van der Waals surface area contributed by atoms with Gasteiger partial charge in [-0.1, -0.05) is 22.0 Å². The zero-order valence-electron chi connectivity index (χ0n) is 10.2. The van der Waals surface area contributed by atoms with E-state index in [0.29, 0.717) is 6.10 Å². The van der Waals surface area contributed by atoms with Crippen molar-refractivity contribution in [2.75, 3.05) is 25.1 Å². The van der Waals surface area contributed by atoms with Gasteiger partial charge in [0, 0.05) is 37.3 Å². The number of pyridine rings is 1. The first-order valence-electron chi connectivity index (χ1n) is 6.14. The smallest absolute Gasteiger partial charge is 0.132 e. The van der Waals surface area contributed by atoms with Crippen LogP contribution in [-0.2, 0) is 10.1 Å². The Kier molecular flexibility index (Phi) is 4.80. The summed E-state index contributed by atoms with van der Waals surface area (Å²) in [6.07, 6.45) is 5.86. The summed E-state index contributed by atoms with van der Waals surface area (Å²) < 4.78 is 5.76. The number of rotatable bonds is 4. The number of nitrogens with zero attached hydrogens (tertiary/aromatic N) is 2. The van der Waals surface area contributed by atoms with Crippen LogP contribution in [0.3, 0.4) is 0 Å². The molecule has 4 heteroatoms. The minimum atomic E-state index is 0.360. The van der Waals surface area contributed by atoms with Crippen LogP contribution in [0, 0.1) is 0 Å². The molecule has 17 heavy (non-hydrogen) atoms. The molecule has 0 radical (unpaired) electrons. The Balaban J connectivity index is 2.00. The second-order valence-electron chi connectivity index (χ2n) is 4.49. The summed E-state index contributed by atoms with van der Waals surface area (Å²) in [5.74, 6) is 1.05. The van der Waals surface area contributed by atoms with E-state index in [2.05, 4.69) is 38.9 Å². The van der Waals surface area contributed by atoms with Crippen molar-refractivity contribution in [1.82, 2.24) is 4.98 Å². The summed E-state index contributed by atoms with van der Waals surface area (Å²) in [7, 11) is 2.09. The van der Waals surface area contributed by atoms with Crippen LogP contribution < -0.4 is 4.90 Å². The Morgan fingerprint density at radius 3 is 3.12 bits per heavy atom. The van der Waals surface area contributed by atoms with Gasteiger partial charge in [-0.3, -0.25) is 0 Å². The molecule has 3 nitrogen and oxygen atoms in total. The lowest BCUT2D eigenvalue weighted by molar-refractivity contribution is 0.0215. The van der Waals surface area contributed by atoms with Crippen LogP contribution in [0.4, 0.5) is 5.82 Å². The first kappa shape index (κ1) is 12.8. The van der Waals surface area contributed by atoms with Crippen molar-refractivity contribution >= 4 is 21.7 Å². The number of likely N-dealkylation sites (N-methyl/N-ethyl adjacent to an activating group) is 1. The fraction of sp³-hybridized carbons (Fsp3) is 0.615. The van der Waals surface area contributed by atoms with Crippen molar-refractivity contribution < 1.29 is 4.74 Å². The highest BCUT2D eigenvalue weighted by atomic mass is 79.9. The van der Waals surface area contributed by atoms with Crippen molar-refractivity contribution in [3.63, 3.8) is 0 Å². The van der Waals surface area contributed by atoms with Gasteiger partial charge in [-0.2, -0.15) is 0 Å². The second-order valence-corrected chi connectivity index (χ2v) is 5.05. The Hall–Kier alpha value is -0.610. The lowest BCUT2D eigenvalue weighted by Crippen LogP contribution is -2.34. The number of aromatic nitrogens is 1. The molecule has 0 amide bonds. The van der Waals surface area contributed by atoms with E-state index < -0.39 is 0 Å². The molecule has 1 saturated heterocycles. The molecule has 94 valence electrons. The predicted molar refractivity (Wildman–Crippen MR) is 73.7 cm³/mol. The lowest BCUT2D eigenvalue weighted by Gasteiger charge is -2.28. The first-order valence-corrected chi connectivity index (χ1v) is 7.26. The maximum Gasteiger partial charge on any atom is 0.132 e. The molecule has 0 spiro atoms. The monoisotopic (exact) mass is 298 g/mol. The number of alkyl halides is 1. The molecule has 2 heterocycles. The fourth-order valence-electron chi connectivity index (χ4n) is 2.22. The number of hydrogen-bond acceptors (Lipinski definition) is 3. The quantitative estimate of drug-likeness (QED) is 0.799. The average Bonchev–Trinajstić information content (AvgIpc) is 2.40. The van der Waals surface area contributed by atoms with Gasteiger partial charge in [0.1, 0.15) is 5.82 Å². The Morgan fingerprint density at radius 1 is 1.53 bits per heavy atom. The molecule has 0 N–H and O–H groups in total. The Morgan fingerprint density at radius 2 is 2.41 bits per heavy atom. The predicted octanol–water partition coefficient (Wildman–Crippen LogP) is 2.98. The van der Waals surface area contributed by atoms with Crippen molar-refractivity contribution in [2.45, 2.75) is 30.7 Å². The number of ether oxygens (including phenoxy) is 1. The largest absolute Gasteiger partial charge is 0.376 e. The van der Waals surface area contributed by atoms with Gasteiger partial charge in [0.25, 0.3) is 0 Å². The van der Waals surface area contributed by atoms with Crippen LogP contribution in [0.1, 0.15) is 24.8 Å². The average molecular weight is 299 g/mol. The van der Waals surface area contributed by atoms with E-state index in [9.17, 15) is 0 Å². The molecule has 1 atom stereocenters. The van der Waals surface area contributed by atoms with E-state index >= 15 is 0 Å². The zero-order chi connectivity index (χ0) is 12.1. The van der Waals surface area contributed by atoms with Crippen LogP contribution >= 0.6 is 15.9 Å². The molecule has 0 saturated carbocycles. The van der Waals surface area contributed by atoms with Crippen LogP contribution in [0.2, 0.25) is 0 Å². The molecular weight excluding hydrogens is 280 g/mol. The van der Waals surface area contributed by atoms with E-state index in [1.165, 1.54) is 24.8 Å². The maximum absolute atomic E-state index is 5.76. The molecule has 1 aliphatic rings. The summed E-state index contributed by atoms with van der Waals surface area (Å²) in [6.45, 7) is 1.84. The minimum absolute atomic E-state index is 0.360. The fourth-order valence-corrected chi connectivity index (χ4v) is 2.66. The summed E-state index contributed by atoms with van der Waals surface area (Å²) in [6, 6.07) is 4.08. The first-order chi connectivity index (χ1) is 8.31. The molecule has 0 aromatic carbocycles. The summed E-state index contributed by atoms with van der Waals surface area (Å²) in [4.78, 5) is 6.66. The molecular formula is C13H19BrN2O. The van der Waals surface area contributed by atoms with Gasteiger partial charge in [-0.15, -0.1) is 0 Å². The van der Waals surface area contributed by atoms with Gasteiger partial charge in [0.05, 0.1) is 6.10 Å². The Labute approximate surface area is 111 Å². The highest BCUT2D eigenvalue weighted by Gasteiger charge is 2.17. The number of hydrogen-bond donors (Lipinski definition) is 0. The highest BCUT2D eigenvalue weighted by molar-refractivity contribution is 9.08. The third-order valence-corrected chi connectivity index (χ3v) is 3.73. The standard InChI is InChI=1S/C13H19BrN2O/c1-16(10-12-6-2-3-8-17-12)13-11(9-14)5-4-7-15-13/h4-5,7,12H,2-3,6,8-10H2,1H3. The Bertz CT molecular complexity index is 353. The zero-order valence-corrected chi connectivity index (χ0v) is 11.8. The maximum atomic E-state index is 5.76. The van der Waals surface area contributed by atoms with Gasteiger partial charge in [-0.05, 0) is 25.3 Å². The van der Waals surface area contributed by atoms with Gasteiger partial charge in [0.15, 0.2) is 0 Å². The molecule has 0 bridgehead atoms. The molecule has 1 fully saturated rings. The summed E-state index contributed by atoms with van der Waals surface area (Å²) in [5.41, 5.74) is 1.23. The van der Waals surface area contributed by atoms with E-state index in [0.717, 1.165) is 24.3 Å². The minimum Gasteiger partial charge on any atom is -0.376 e. The van der Waals surface area contributed by atoms with Gasteiger partial charge in [0.2, 0.25) is 0 Å². The molecule has 1 aromatic rings. The van der Waals surface area contributed by atoms with Crippen molar-refractivity contribution in [3.8, 4) is 0 Å². The lowest BCUT2D eigenvalue weighted by atomic mass is 10.1. The van der Waals surface area contributed by atoms with Gasteiger partial charge >= 0.3 is 0 Å². The van der Waals surface area contributed by atoms with Crippen LogP contribution in [0.15, 0.2) is 18.3 Å². The van der Waals surface area contributed by atoms with E-state index in [-0.39, 0.29) is 0 Å². The molecule has 1 aliphatic heterocycles. The van der Waals surface area contributed by atoms with Crippen molar-refractivity contribution in [1.29, 1.82) is 0 Å². The van der Waals surface area contributed by atoms with E-state index in [4.69, 9.17) is 4.74 Å². The van der Waals surface area contributed by atoms with Gasteiger partial charge < -0.3 is 9.64 Å². The van der Waals surface area contributed by atoms with Crippen LogP contribution in [0.25, 0.3) is 0 Å². The number of halogens is 1. The second kappa shape index (κ2) is 6.36. The van der Waals surface area contributed by atoms with Crippen LogP contribution in [-0.4, -0.2) is 31.3 Å². The highest BCUT2D eigenvalue weighted by Crippen LogP contribution is 2.21. The molecule has 1 unspecified atom stereocenters. The van der Waals surface area contributed by atoms with E-state index in [1.807, 2.05) is 12.3 Å². The topological polar surface area (TPSA) is 25.4 Å². The van der Waals surface area contributed by atoms with Crippen molar-refractivity contribution in [3.05, 3.63) is 23.9 Å². The van der Waals surface area contributed by atoms with Gasteiger partial charge in [-0.25, -0.2) is 4.98 Å². The number of anilines is 1. The molecule has 1 aromatic heterocycles. The molecule has 0 aliphatic carbocycles. The SMILES string of the molecule is CN(CC1CCCCO1)c1ncccc1CBr. The van der Waals surface area contributed by atoms with E-state index in [1.54, 1.807) is 0 Å².